The highest BCUT2D eigenvalue weighted by molar-refractivity contribution is 6.66. The first-order chi connectivity index (χ1) is 9.15. The molecule has 0 saturated heterocycles. The van der Waals surface area contributed by atoms with E-state index in [0.717, 1.165) is 31.5 Å². The zero-order valence-corrected chi connectivity index (χ0v) is 15.0. The van der Waals surface area contributed by atoms with Gasteiger partial charge in [0.1, 0.15) is 5.69 Å². The Bertz CT molecular complexity index is 416. The van der Waals surface area contributed by atoms with Gasteiger partial charge in [0.2, 0.25) is 3.79 Å². The van der Waals surface area contributed by atoms with Gasteiger partial charge in [0.15, 0.2) is 0 Å². The molecule has 1 rings (SSSR count). The lowest BCUT2D eigenvalue weighted by Crippen LogP contribution is -2.17. The lowest BCUT2D eigenvalue weighted by Gasteiger charge is -2.20. The smallest absolute Gasteiger partial charge is 0.234 e. The topological polar surface area (TPSA) is 30.7 Å². The Labute approximate surface area is 137 Å². The van der Waals surface area contributed by atoms with Gasteiger partial charge in [0, 0.05) is 6.54 Å². The average Bonchev–Trinajstić information content (AvgIpc) is 2.64. The van der Waals surface area contributed by atoms with Gasteiger partial charge < -0.3 is 0 Å². The maximum atomic E-state index is 6.11. The first-order valence-corrected chi connectivity index (χ1v) is 8.28. The van der Waals surface area contributed by atoms with Crippen LogP contribution in [-0.2, 0) is 16.8 Å². The summed E-state index contributed by atoms with van der Waals surface area (Å²) in [6.45, 7) is 9.34. The van der Waals surface area contributed by atoms with Crippen molar-refractivity contribution in [3.8, 4) is 0 Å². The molecule has 20 heavy (non-hydrogen) atoms. The van der Waals surface area contributed by atoms with Gasteiger partial charge in [-0.05, 0) is 18.3 Å². The number of rotatable bonds is 6. The first-order valence-electron chi connectivity index (χ1n) is 7.14. The van der Waals surface area contributed by atoms with E-state index >= 15 is 0 Å². The normalized spacial score (nSPS) is 12.9. The summed E-state index contributed by atoms with van der Waals surface area (Å²) in [5, 5.41) is 8.40. The molecule has 116 valence electrons. The van der Waals surface area contributed by atoms with Crippen LogP contribution in [0.5, 0.6) is 0 Å². The van der Waals surface area contributed by atoms with Crippen LogP contribution in [0.4, 0.5) is 0 Å². The lowest BCUT2D eigenvalue weighted by molar-refractivity contribution is 0.404. The minimum Gasteiger partial charge on any atom is -0.245 e. The van der Waals surface area contributed by atoms with E-state index in [2.05, 4.69) is 38.0 Å². The number of aryl methyl sites for hydroxylation is 1. The molecular weight excluding hydrogens is 317 g/mol. The summed E-state index contributed by atoms with van der Waals surface area (Å²) in [5.74, 6) is 0. The highest BCUT2D eigenvalue weighted by Crippen LogP contribution is 2.40. The standard InChI is InChI=1S/C14H24Cl3N3/c1-5-6-7-8-9-20-12(14(15,16)17)11(18-19-20)10-13(2,3)4/h5-10H2,1-4H3. The Kier molecular flexibility index (Phi) is 6.62. The molecular formula is C14H24Cl3N3. The van der Waals surface area contributed by atoms with Crippen LogP contribution in [0.2, 0.25) is 0 Å². The predicted molar refractivity (Wildman–Crippen MR) is 86.6 cm³/mol. The molecule has 0 unspecified atom stereocenters. The summed E-state index contributed by atoms with van der Waals surface area (Å²) >= 11 is 18.3. The molecule has 0 aromatic carbocycles. The second-order valence-electron chi connectivity index (χ2n) is 6.40. The van der Waals surface area contributed by atoms with Gasteiger partial charge in [-0.1, -0.05) is 87.0 Å². The Balaban J connectivity index is 2.90. The third-order valence-electron chi connectivity index (χ3n) is 2.99. The number of nitrogens with zero attached hydrogens (tertiary/aromatic N) is 3. The average molecular weight is 341 g/mol. The second-order valence-corrected chi connectivity index (χ2v) is 8.68. The molecule has 0 saturated carbocycles. The molecule has 0 fully saturated rings. The predicted octanol–water partition coefficient (Wildman–Crippen LogP) is 5.27. The molecule has 3 nitrogen and oxygen atoms in total. The fourth-order valence-corrected chi connectivity index (χ4v) is 2.75. The van der Waals surface area contributed by atoms with E-state index in [9.17, 15) is 0 Å². The maximum absolute atomic E-state index is 6.11. The number of halogens is 3. The maximum Gasteiger partial charge on any atom is 0.234 e. The van der Waals surface area contributed by atoms with Crippen molar-refractivity contribution < 1.29 is 0 Å². The number of hydrogen-bond acceptors (Lipinski definition) is 2. The van der Waals surface area contributed by atoms with Crippen LogP contribution in [-0.4, -0.2) is 15.0 Å². The Hall–Kier alpha value is 0.01000. The van der Waals surface area contributed by atoms with Crippen LogP contribution in [0.15, 0.2) is 0 Å². The van der Waals surface area contributed by atoms with Crippen molar-refractivity contribution >= 4 is 34.8 Å². The van der Waals surface area contributed by atoms with E-state index < -0.39 is 3.79 Å². The lowest BCUT2D eigenvalue weighted by atomic mass is 9.90. The van der Waals surface area contributed by atoms with Crippen molar-refractivity contribution in [2.75, 3.05) is 0 Å². The third kappa shape index (κ3) is 5.79. The molecule has 0 aliphatic carbocycles. The molecule has 1 heterocycles. The Morgan fingerprint density at radius 3 is 2.20 bits per heavy atom. The first kappa shape index (κ1) is 18.1. The van der Waals surface area contributed by atoms with Gasteiger partial charge >= 0.3 is 0 Å². The van der Waals surface area contributed by atoms with Crippen molar-refractivity contribution in [3.63, 3.8) is 0 Å². The second kappa shape index (κ2) is 7.33. The van der Waals surface area contributed by atoms with Crippen molar-refractivity contribution in [2.45, 2.75) is 70.1 Å². The van der Waals surface area contributed by atoms with Crippen LogP contribution in [0.1, 0.15) is 64.8 Å². The van der Waals surface area contributed by atoms with Crippen LogP contribution in [0.3, 0.4) is 0 Å². The molecule has 6 heteroatoms. The molecule has 0 radical (unpaired) electrons. The largest absolute Gasteiger partial charge is 0.245 e. The molecule has 0 bridgehead atoms. The van der Waals surface area contributed by atoms with E-state index in [-0.39, 0.29) is 5.41 Å². The van der Waals surface area contributed by atoms with Gasteiger partial charge in [-0.2, -0.15) is 0 Å². The van der Waals surface area contributed by atoms with Crippen molar-refractivity contribution in [1.82, 2.24) is 15.0 Å². The Morgan fingerprint density at radius 2 is 1.70 bits per heavy atom. The van der Waals surface area contributed by atoms with Crippen LogP contribution < -0.4 is 0 Å². The fraction of sp³-hybridized carbons (Fsp3) is 0.857. The summed E-state index contributed by atoms with van der Waals surface area (Å²) in [7, 11) is 0. The van der Waals surface area contributed by atoms with Gasteiger partial charge in [0.05, 0.1) is 5.69 Å². The number of alkyl halides is 3. The summed E-state index contributed by atoms with van der Waals surface area (Å²) < 4.78 is 0.276. The van der Waals surface area contributed by atoms with Gasteiger partial charge in [-0.15, -0.1) is 5.10 Å². The van der Waals surface area contributed by atoms with Crippen molar-refractivity contribution in [3.05, 3.63) is 11.4 Å². The van der Waals surface area contributed by atoms with E-state index in [0.29, 0.717) is 5.69 Å². The van der Waals surface area contributed by atoms with E-state index in [4.69, 9.17) is 34.8 Å². The van der Waals surface area contributed by atoms with Crippen LogP contribution in [0, 0.1) is 5.41 Å². The highest BCUT2D eigenvalue weighted by atomic mass is 35.6. The van der Waals surface area contributed by atoms with E-state index in [1.165, 1.54) is 12.8 Å². The highest BCUT2D eigenvalue weighted by Gasteiger charge is 2.33. The summed E-state index contributed by atoms with van der Waals surface area (Å²) in [6, 6.07) is 0. The monoisotopic (exact) mass is 339 g/mol. The van der Waals surface area contributed by atoms with Gasteiger partial charge in [-0.25, -0.2) is 4.68 Å². The zero-order chi connectivity index (χ0) is 15.4. The van der Waals surface area contributed by atoms with E-state index in [1.807, 2.05) is 0 Å². The third-order valence-corrected chi connectivity index (χ3v) is 3.53. The molecule has 0 aliphatic rings. The van der Waals surface area contributed by atoms with E-state index in [1.54, 1.807) is 4.68 Å². The molecule has 0 aliphatic heterocycles. The molecule has 0 N–H and O–H groups in total. The minimum absolute atomic E-state index is 0.0771. The number of aromatic nitrogens is 3. The quantitative estimate of drug-likeness (QED) is 0.521. The molecule has 0 atom stereocenters. The van der Waals surface area contributed by atoms with Crippen LogP contribution >= 0.6 is 34.8 Å². The zero-order valence-electron chi connectivity index (χ0n) is 12.7. The van der Waals surface area contributed by atoms with Crippen LogP contribution in [0.25, 0.3) is 0 Å². The van der Waals surface area contributed by atoms with Crippen molar-refractivity contribution in [2.24, 2.45) is 5.41 Å². The molecule has 0 amide bonds. The molecule has 1 aromatic heterocycles. The SMILES string of the molecule is CCCCCCn1nnc(CC(C)(C)C)c1C(Cl)(Cl)Cl. The van der Waals surface area contributed by atoms with Gasteiger partial charge in [0.25, 0.3) is 0 Å². The molecule has 1 aromatic rings. The number of unbranched alkanes of at least 4 members (excludes halogenated alkanes) is 3. The fourth-order valence-electron chi connectivity index (χ4n) is 2.13. The summed E-state index contributed by atoms with van der Waals surface area (Å²) in [6.07, 6.45) is 5.34. The molecule has 0 spiro atoms. The summed E-state index contributed by atoms with van der Waals surface area (Å²) in [4.78, 5) is 0. The number of hydrogen-bond donors (Lipinski definition) is 0. The minimum atomic E-state index is -1.48. The Morgan fingerprint density at radius 1 is 1.05 bits per heavy atom. The van der Waals surface area contributed by atoms with Crippen molar-refractivity contribution in [1.29, 1.82) is 0 Å². The summed E-state index contributed by atoms with van der Waals surface area (Å²) in [5.41, 5.74) is 1.48. The van der Waals surface area contributed by atoms with Gasteiger partial charge in [-0.3, -0.25) is 0 Å².